The molecular formula is C33H27NO2. The van der Waals surface area contributed by atoms with Gasteiger partial charge in [-0.25, -0.2) is 0 Å². The van der Waals surface area contributed by atoms with Gasteiger partial charge in [-0.15, -0.1) is 0 Å². The topological polar surface area (TPSA) is 46.2 Å². The van der Waals surface area contributed by atoms with E-state index in [4.69, 9.17) is 0 Å². The van der Waals surface area contributed by atoms with Gasteiger partial charge in [0.1, 0.15) is 0 Å². The zero-order valence-corrected chi connectivity index (χ0v) is 20.3. The predicted molar refractivity (Wildman–Crippen MR) is 144 cm³/mol. The quantitative estimate of drug-likeness (QED) is 0.406. The fourth-order valence-corrected chi connectivity index (χ4v) is 5.56. The summed E-state index contributed by atoms with van der Waals surface area (Å²) in [6.45, 7) is 1.92. The van der Waals surface area contributed by atoms with Gasteiger partial charge in [-0.2, -0.15) is 0 Å². The van der Waals surface area contributed by atoms with E-state index >= 15 is 0 Å². The van der Waals surface area contributed by atoms with Crippen LogP contribution >= 0.6 is 0 Å². The Labute approximate surface area is 210 Å². The standard InChI is InChI=1S/C33H27NO2/c1-21-8-2-5-11-26(21)33(36)34-25-17-14-23(15-18-25)32(35)30-20-24-10-4-6-12-27(24)29-19-16-22-9-3-7-13-28(22)31(29)30/h2,4-6,8-12,14-20,30H,3,7,13H2,1H3,(H,34,36). The minimum absolute atomic E-state index is 0.0847. The van der Waals surface area contributed by atoms with E-state index in [0.29, 0.717) is 16.8 Å². The second kappa shape index (κ2) is 9.09. The van der Waals surface area contributed by atoms with E-state index in [1.165, 1.54) is 21.2 Å². The van der Waals surface area contributed by atoms with Crippen LogP contribution in [0.1, 0.15) is 56.2 Å². The summed E-state index contributed by atoms with van der Waals surface area (Å²) in [5.41, 5.74) is 5.35. The fraction of sp³-hybridized carbons (Fsp3) is 0.152. The van der Waals surface area contributed by atoms with Crippen molar-refractivity contribution in [3.05, 3.63) is 134 Å². The molecule has 0 fully saturated rings. The van der Waals surface area contributed by atoms with Crippen LogP contribution in [-0.2, 0) is 6.42 Å². The number of carbonyl (C=O) groups excluding carboxylic acids is 2. The zero-order valence-electron chi connectivity index (χ0n) is 20.3. The van der Waals surface area contributed by atoms with Crippen molar-refractivity contribution in [2.24, 2.45) is 0 Å². The lowest BCUT2D eigenvalue weighted by Crippen LogP contribution is -2.25. The summed E-state index contributed by atoms with van der Waals surface area (Å²) in [5.74, 6) is -0.397. The van der Waals surface area contributed by atoms with E-state index in [0.717, 1.165) is 35.6 Å². The van der Waals surface area contributed by atoms with Gasteiger partial charge < -0.3 is 5.32 Å². The van der Waals surface area contributed by atoms with Gasteiger partial charge in [0.15, 0.2) is 5.78 Å². The number of ketones is 1. The van der Waals surface area contributed by atoms with E-state index < -0.39 is 0 Å². The molecule has 0 spiro atoms. The Balaban J connectivity index is 1.37. The largest absolute Gasteiger partial charge is 0.322 e. The van der Waals surface area contributed by atoms with Crippen molar-refractivity contribution in [2.45, 2.75) is 32.1 Å². The maximum Gasteiger partial charge on any atom is 0.255 e. The number of anilines is 1. The third-order valence-corrected chi connectivity index (χ3v) is 7.40. The lowest BCUT2D eigenvalue weighted by molar-refractivity contribution is 0.0979. The predicted octanol–water partition coefficient (Wildman–Crippen LogP) is 5.41. The fourth-order valence-electron chi connectivity index (χ4n) is 5.56. The van der Waals surface area contributed by atoms with E-state index in [2.05, 4.69) is 47.8 Å². The molecule has 4 aromatic carbocycles. The monoisotopic (exact) mass is 469 g/mol. The van der Waals surface area contributed by atoms with E-state index in [1.54, 1.807) is 0 Å². The molecule has 1 N–H and O–H groups in total. The van der Waals surface area contributed by atoms with Crippen LogP contribution in [0.4, 0.5) is 5.69 Å². The van der Waals surface area contributed by atoms with Crippen LogP contribution in [-0.4, -0.2) is 11.7 Å². The smallest absolute Gasteiger partial charge is 0.255 e. The van der Waals surface area contributed by atoms with Crippen LogP contribution in [0.3, 0.4) is 0 Å². The van der Waals surface area contributed by atoms with E-state index in [-0.39, 0.29) is 17.6 Å². The summed E-state index contributed by atoms with van der Waals surface area (Å²) in [6, 6.07) is 27.5. The molecule has 2 aliphatic rings. The van der Waals surface area contributed by atoms with Gasteiger partial charge in [0.05, 0.1) is 5.92 Å². The average Bonchev–Trinajstić information content (AvgIpc) is 2.92. The first-order valence-electron chi connectivity index (χ1n) is 12.5. The summed E-state index contributed by atoms with van der Waals surface area (Å²) in [5, 5.41) is 7.68. The number of aryl methyl sites for hydroxylation is 1. The highest BCUT2D eigenvalue weighted by atomic mass is 16.1. The molecular weight excluding hydrogens is 442 g/mol. The summed E-state index contributed by atoms with van der Waals surface area (Å²) in [7, 11) is 0. The van der Waals surface area contributed by atoms with Crippen molar-refractivity contribution >= 4 is 29.5 Å². The summed E-state index contributed by atoms with van der Waals surface area (Å²) in [6.07, 6.45) is 7.62. The molecule has 3 heteroatoms. The number of nitrogens with one attached hydrogen (secondary N) is 1. The van der Waals surface area contributed by atoms with Gasteiger partial charge in [-0.05, 0) is 94.1 Å². The molecule has 1 atom stereocenters. The van der Waals surface area contributed by atoms with Crippen LogP contribution in [0.25, 0.3) is 12.2 Å². The second-order valence-corrected chi connectivity index (χ2v) is 9.63. The van der Waals surface area contributed by atoms with Crippen molar-refractivity contribution in [2.75, 3.05) is 5.32 Å². The Morgan fingerprint density at radius 3 is 2.42 bits per heavy atom. The third-order valence-electron chi connectivity index (χ3n) is 7.40. The molecule has 6 rings (SSSR count). The highest BCUT2D eigenvalue weighted by Crippen LogP contribution is 2.30. The molecule has 3 nitrogen and oxygen atoms in total. The number of fused-ring (bicyclic) bond motifs is 4. The molecule has 1 unspecified atom stereocenters. The van der Waals surface area contributed by atoms with Crippen molar-refractivity contribution in [3.63, 3.8) is 0 Å². The minimum atomic E-state index is -0.330. The Morgan fingerprint density at radius 2 is 1.58 bits per heavy atom. The summed E-state index contributed by atoms with van der Waals surface area (Å²) in [4.78, 5) is 26.6. The van der Waals surface area contributed by atoms with E-state index in [1.807, 2.05) is 61.5 Å². The molecule has 0 heterocycles. The number of Topliss-reactive ketones (excluding diaryl/α,β-unsaturated/α-hetero) is 1. The minimum Gasteiger partial charge on any atom is -0.322 e. The van der Waals surface area contributed by atoms with Crippen LogP contribution < -0.4 is 15.8 Å². The van der Waals surface area contributed by atoms with Crippen LogP contribution in [0, 0.1) is 17.4 Å². The Bertz CT molecular complexity index is 1730. The first kappa shape index (κ1) is 22.2. The molecule has 0 aromatic heterocycles. The van der Waals surface area contributed by atoms with Gasteiger partial charge in [-0.3, -0.25) is 9.59 Å². The van der Waals surface area contributed by atoms with Gasteiger partial charge in [0.25, 0.3) is 5.91 Å². The Kier molecular flexibility index (Phi) is 5.61. The maximum absolute atomic E-state index is 13.9. The van der Waals surface area contributed by atoms with Crippen molar-refractivity contribution in [1.82, 2.24) is 0 Å². The number of amides is 1. The molecule has 0 aliphatic heterocycles. The molecule has 176 valence electrons. The molecule has 1 amide bonds. The van der Waals surface area contributed by atoms with Crippen molar-refractivity contribution < 1.29 is 9.59 Å². The second-order valence-electron chi connectivity index (χ2n) is 9.63. The summed E-state index contributed by atoms with van der Waals surface area (Å²) < 4.78 is 0. The summed E-state index contributed by atoms with van der Waals surface area (Å²) >= 11 is 0. The number of hydrogen-bond acceptors (Lipinski definition) is 2. The molecule has 0 saturated heterocycles. The lowest BCUT2D eigenvalue weighted by atomic mass is 9.80. The Hall–Kier alpha value is -4.24. The number of hydrogen-bond donors (Lipinski definition) is 1. The molecule has 0 bridgehead atoms. The molecule has 2 aliphatic carbocycles. The van der Waals surface area contributed by atoms with E-state index in [9.17, 15) is 9.59 Å². The number of benzene rings is 4. The highest BCUT2D eigenvalue weighted by Gasteiger charge is 2.26. The third kappa shape index (κ3) is 3.87. The molecule has 4 aromatic rings. The lowest BCUT2D eigenvalue weighted by Gasteiger charge is -2.23. The van der Waals surface area contributed by atoms with Crippen molar-refractivity contribution in [3.8, 4) is 0 Å². The van der Waals surface area contributed by atoms with Crippen LogP contribution in [0.15, 0.2) is 84.9 Å². The van der Waals surface area contributed by atoms with Crippen LogP contribution in [0.2, 0.25) is 0 Å². The average molecular weight is 470 g/mol. The first-order chi connectivity index (χ1) is 17.6. The zero-order chi connectivity index (χ0) is 24.6. The molecule has 0 radical (unpaired) electrons. The molecule has 36 heavy (non-hydrogen) atoms. The normalized spacial score (nSPS) is 15.4. The van der Waals surface area contributed by atoms with Crippen molar-refractivity contribution in [1.29, 1.82) is 0 Å². The highest BCUT2D eigenvalue weighted by molar-refractivity contribution is 6.07. The first-order valence-corrected chi connectivity index (χ1v) is 12.5. The van der Waals surface area contributed by atoms with Gasteiger partial charge >= 0.3 is 0 Å². The maximum atomic E-state index is 13.9. The van der Waals surface area contributed by atoms with Gasteiger partial charge in [-0.1, -0.05) is 66.7 Å². The molecule has 0 saturated carbocycles. The SMILES string of the molecule is Cc1ccccc1C(=O)Nc1ccc(C(=O)C2C=c3ccccc3=c3ccc4c(c32)CCCC=4)cc1. The number of rotatable bonds is 4. The van der Waals surface area contributed by atoms with Gasteiger partial charge in [0, 0.05) is 16.8 Å². The van der Waals surface area contributed by atoms with Crippen LogP contribution in [0.5, 0.6) is 0 Å². The Morgan fingerprint density at radius 1 is 0.806 bits per heavy atom. The van der Waals surface area contributed by atoms with Gasteiger partial charge in [0.2, 0.25) is 0 Å². The number of carbonyl (C=O) groups is 2.